The molecule has 1 aliphatic rings. The van der Waals surface area contributed by atoms with Crippen molar-refractivity contribution in [2.75, 3.05) is 18.5 Å². The highest BCUT2D eigenvalue weighted by Crippen LogP contribution is 2.29. The van der Waals surface area contributed by atoms with Crippen molar-refractivity contribution in [2.24, 2.45) is 0 Å². The van der Waals surface area contributed by atoms with Crippen LogP contribution in [0.4, 0.5) is 10.1 Å². The molecule has 0 amide bonds. The molecule has 94 valence electrons. The van der Waals surface area contributed by atoms with Gasteiger partial charge >= 0.3 is 0 Å². The summed E-state index contributed by atoms with van der Waals surface area (Å²) in [6, 6.07) is 6.23. The number of halogens is 1. The van der Waals surface area contributed by atoms with Gasteiger partial charge in [-0.3, -0.25) is 0 Å². The van der Waals surface area contributed by atoms with Crippen LogP contribution in [0.25, 0.3) is 0 Å². The van der Waals surface area contributed by atoms with Crippen LogP contribution in [0.2, 0.25) is 0 Å². The van der Waals surface area contributed by atoms with Crippen LogP contribution in [0.15, 0.2) is 18.2 Å². The fourth-order valence-corrected chi connectivity index (χ4v) is 2.48. The topological polar surface area (TPSA) is 15.3 Å². The molecule has 2 nitrogen and oxygen atoms in total. The Bertz CT molecular complexity index is 392. The maximum atomic E-state index is 14.1. The van der Waals surface area contributed by atoms with Crippen molar-refractivity contribution in [3.63, 3.8) is 0 Å². The van der Waals surface area contributed by atoms with E-state index < -0.39 is 0 Å². The number of benzene rings is 1. The van der Waals surface area contributed by atoms with Gasteiger partial charge in [-0.1, -0.05) is 6.07 Å². The van der Waals surface area contributed by atoms with Gasteiger partial charge in [0.25, 0.3) is 0 Å². The van der Waals surface area contributed by atoms with Crippen molar-refractivity contribution in [1.29, 1.82) is 0 Å². The molecule has 0 aliphatic carbocycles. The van der Waals surface area contributed by atoms with E-state index in [9.17, 15) is 4.39 Å². The average molecular weight is 236 g/mol. The summed E-state index contributed by atoms with van der Waals surface area (Å²) in [7, 11) is 1.89. The van der Waals surface area contributed by atoms with Crippen LogP contribution in [0.3, 0.4) is 0 Å². The summed E-state index contributed by atoms with van der Waals surface area (Å²) in [6.45, 7) is 5.17. The van der Waals surface area contributed by atoms with Gasteiger partial charge in [0.1, 0.15) is 5.82 Å². The number of rotatable bonds is 3. The van der Waals surface area contributed by atoms with E-state index in [1.54, 1.807) is 6.07 Å². The predicted octanol–water partition coefficient (Wildman–Crippen LogP) is 3.09. The lowest BCUT2D eigenvalue weighted by atomic mass is 10.1. The van der Waals surface area contributed by atoms with Crippen LogP contribution in [-0.2, 0) is 0 Å². The first-order valence-electron chi connectivity index (χ1n) is 6.37. The van der Waals surface area contributed by atoms with E-state index in [0.717, 1.165) is 30.6 Å². The summed E-state index contributed by atoms with van der Waals surface area (Å²) in [5.74, 6) is -0.0987. The molecule has 1 aromatic carbocycles. The standard InChI is InChI=1S/C14H21FN2/c1-10-5-4-8-17(10)14-7-6-12(9-13(14)15)11(2)16-3/h6-7,9-11,16H,4-5,8H2,1-3H3. The Morgan fingerprint density at radius 3 is 2.76 bits per heavy atom. The molecule has 0 aromatic heterocycles. The van der Waals surface area contributed by atoms with Crippen molar-refractivity contribution < 1.29 is 4.39 Å². The Balaban J connectivity index is 2.25. The minimum Gasteiger partial charge on any atom is -0.366 e. The van der Waals surface area contributed by atoms with E-state index in [1.165, 1.54) is 0 Å². The first-order chi connectivity index (χ1) is 8.13. The summed E-state index contributed by atoms with van der Waals surface area (Å²) < 4.78 is 14.1. The molecule has 1 aliphatic heterocycles. The quantitative estimate of drug-likeness (QED) is 0.867. The van der Waals surface area contributed by atoms with Crippen LogP contribution in [0, 0.1) is 5.82 Å². The van der Waals surface area contributed by atoms with Crippen molar-refractivity contribution in [2.45, 2.75) is 38.8 Å². The summed E-state index contributed by atoms with van der Waals surface area (Å²) >= 11 is 0. The number of nitrogens with one attached hydrogen (secondary N) is 1. The highest BCUT2D eigenvalue weighted by atomic mass is 19.1. The molecule has 2 atom stereocenters. The molecular formula is C14H21FN2. The molecule has 1 aromatic rings. The number of hydrogen-bond acceptors (Lipinski definition) is 2. The van der Waals surface area contributed by atoms with Gasteiger partial charge in [0.05, 0.1) is 5.69 Å². The Labute approximate surface area is 103 Å². The third kappa shape index (κ3) is 2.44. The minimum absolute atomic E-state index is 0.0987. The van der Waals surface area contributed by atoms with E-state index in [4.69, 9.17) is 0 Å². The molecule has 1 heterocycles. The highest BCUT2D eigenvalue weighted by molar-refractivity contribution is 5.51. The monoisotopic (exact) mass is 236 g/mol. The van der Waals surface area contributed by atoms with Gasteiger partial charge in [-0.2, -0.15) is 0 Å². The normalized spacial score (nSPS) is 21.9. The molecule has 0 bridgehead atoms. The maximum Gasteiger partial charge on any atom is 0.146 e. The zero-order chi connectivity index (χ0) is 12.4. The van der Waals surface area contributed by atoms with Gasteiger partial charge in [0, 0.05) is 18.6 Å². The lowest BCUT2D eigenvalue weighted by molar-refractivity contribution is 0.599. The zero-order valence-electron chi connectivity index (χ0n) is 10.8. The van der Waals surface area contributed by atoms with E-state index in [2.05, 4.69) is 17.1 Å². The van der Waals surface area contributed by atoms with Crippen LogP contribution in [0.1, 0.15) is 38.3 Å². The molecular weight excluding hydrogens is 215 g/mol. The SMILES string of the molecule is CNC(C)c1ccc(N2CCCC2C)c(F)c1. The van der Waals surface area contributed by atoms with Crippen molar-refractivity contribution >= 4 is 5.69 Å². The van der Waals surface area contributed by atoms with Gasteiger partial charge in [0.15, 0.2) is 0 Å². The smallest absolute Gasteiger partial charge is 0.146 e. The zero-order valence-corrected chi connectivity index (χ0v) is 10.8. The average Bonchev–Trinajstić information content (AvgIpc) is 2.74. The Kier molecular flexibility index (Phi) is 3.67. The molecule has 2 unspecified atom stereocenters. The first-order valence-corrected chi connectivity index (χ1v) is 6.37. The summed E-state index contributed by atoms with van der Waals surface area (Å²) in [5, 5.41) is 3.13. The van der Waals surface area contributed by atoms with E-state index in [0.29, 0.717) is 6.04 Å². The lowest BCUT2D eigenvalue weighted by Gasteiger charge is -2.25. The largest absolute Gasteiger partial charge is 0.366 e. The lowest BCUT2D eigenvalue weighted by Crippen LogP contribution is -2.27. The summed E-state index contributed by atoms with van der Waals surface area (Å²) in [6.07, 6.45) is 2.32. The molecule has 0 radical (unpaired) electrons. The van der Waals surface area contributed by atoms with Crippen LogP contribution < -0.4 is 10.2 Å². The number of nitrogens with zero attached hydrogens (tertiary/aromatic N) is 1. The second kappa shape index (κ2) is 5.05. The fourth-order valence-electron chi connectivity index (χ4n) is 2.48. The molecule has 17 heavy (non-hydrogen) atoms. The van der Waals surface area contributed by atoms with Gasteiger partial charge in [-0.25, -0.2) is 4.39 Å². The first kappa shape index (κ1) is 12.4. The fraction of sp³-hybridized carbons (Fsp3) is 0.571. The van der Waals surface area contributed by atoms with Gasteiger partial charge in [-0.15, -0.1) is 0 Å². The molecule has 1 saturated heterocycles. The third-order valence-electron chi connectivity index (χ3n) is 3.77. The maximum absolute atomic E-state index is 14.1. The van der Waals surface area contributed by atoms with Crippen molar-refractivity contribution in [3.8, 4) is 0 Å². The van der Waals surface area contributed by atoms with Crippen molar-refractivity contribution in [3.05, 3.63) is 29.6 Å². The molecule has 0 spiro atoms. The summed E-state index contributed by atoms with van der Waals surface area (Å²) in [4.78, 5) is 2.17. The Morgan fingerprint density at radius 2 is 2.24 bits per heavy atom. The second-order valence-electron chi connectivity index (χ2n) is 4.91. The van der Waals surface area contributed by atoms with E-state index in [1.807, 2.05) is 26.1 Å². The van der Waals surface area contributed by atoms with E-state index >= 15 is 0 Å². The number of hydrogen-bond donors (Lipinski definition) is 1. The molecule has 3 heteroatoms. The Morgan fingerprint density at radius 1 is 1.47 bits per heavy atom. The molecule has 1 fully saturated rings. The molecule has 1 N–H and O–H groups in total. The predicted molar refractivity (Wildman–Crippen MR) is 69.9 cm³/mol. The van der Waals surface area contributed by atoms with Crippen LogP contribution in [0.5, 0.6) is 0 Å². The summed E-state index contributed by atoms with van der Waals surface area (Å²) in [5.41, 5.74) is 1.75. The van der Waals surface area contributed by atoms with Gasteiger partial charge < -0.3 is 10.2 Å². The molecule has 0 saturated carbocycles. The van der Waals surface area contributed by atoms with E-state index in [-0.39, 0.29) is 11.9 Å². The van der Waals surface area contributed by atoms with Crippen LogP contribution >= 0.6 is 0 Å². The van der Waals surface area contributed by atoms with Gasteiger partial charge in [-0.05, 0) is 51.4 Å². The van der Waals surface area contributed by atoms with Crippen molar-refractivity contribution in [1.82, 2.24) is 5.32 Å². The second-order valence-corrected chi connectivity index (χ2v) is 4.91. The third-order valence-corrected chi connectivity index (χ3v) is 3.77. The van der Waals surface area contributed by atoms with Crippen LogP contribution in [-0.4, -0.2) is 19.6 Å². The number of anilines is 1. The minimum atomic E-state index is -0.0987. The highest BCUT2D eigenvalue weighted by Gasteiger charge is 2.23. The van der Waals surface area contributed by atoms with Gasteiger partial charge in [0.2, 0.25) is 0 Å². The Hall–Kier alpha value is -1.09. The molecule has 2 rings (SSSR count).